The number of thioether (sulfide) groups is 1. The number of ether oxygens (including phenoxy) is 1. The van der Waals surface area contributed by atoms with Crippen LogP contribution in [0.3, 0.4) is 0 Å². The number of aromatic hydroxyl groups is 1. The van der Waals surface area contributed by atoms with E-state index in [0.717, 1.165) is 0 Å². The molecule has 1 unspecified atom stereocenters. The fraction of sp³-hybridized carbons (Fsp3) is 0.125. The second-order valence-corrected chi connectivity index (χ2v) is 3.53. The van der Waals surface area contributed by atoms with Gasteiger partial charge in [0.15, 0.2) is 0 Å². The molecule has 0 fully saturated rings. The van der Waals surface area contributed by atoms with Crippen LogP contribution in [0.25, 0.3) is 0 Å². The minimum atomic E-state index is -1.04. The van der Waals surface area contributed by atoms with Crippen molar-refractivity contribution in [2.45, 2.75) is 5.44 Å². The number of phenolic OH excluding ortho intramolecular Hbond substituents is 1. The zero-order valence-corrected chi connectivity index (χ0v) is 7.25. The van der Waals surface area contributed by atoms with Crippen molar-refractivity contribution in [3.63, 3.8) is 0 Å². The van der Waals surface area contributed by atoms with Crippen molar-refractivity contribution in [1.29, 1.82) is 0 Å². The van der Waals surface area contributed by atoms with E-state index in [9.17, 15) is 15.0 Å². The van der Waals surface area contributed by atoms with Gasteiger partial charge in [0, 0.05) is 0 Å². The molecule has 0 radical (unpaired) electrons. The highest BCUT2D eigenvalue weighted by molar-refractivity contribution is 8.13. The number of carbonyl (C=O) groups is 1. The average Bonchev–Trinajstić information content (AvgIpc) is 2.02. The lowest BCUT2D eigenvalue weighted by atomic mass is 10.2. The zero-order valence-electron chi connectivity index (χ0n) is 6.43. The molecule has 0 aliphatic carbocycles. The highest BCUT2D eigenvalue weighted by atomic mass is 32.2. The molecular weight excluding hydrogens is 192 g/mol. The Kier molecular flexibility index (Phi) is 1.90. The second kappa shape index (κ2) is 2.93. The van der Waals surface area contributed by atoms with Gasteiger partial charge in [0.1, 0.15) is 16.9 Å². The van der Waals surface area contributed by atoms with Crippen LogP contribution < -0.4 is 4.74 Å². The average molecular weight is 198 g/mol. The molecule has 68 valence electrons. The van der Waals surface area contributed by atoms with Gasteiger partial charge in [-0.1, -0.05) is 6.07 Å². The summed E-state index contributed by atoms with van der Waals surface area (Å²) in [6.07, 6.45) is 0. The molecular formula is C8H6O4S. The molecule has 4 nitrogen and oxygen atoms in total. The number of carbonyl (C=O) groups excluding carboxylic acids is 1. The molecule has 5 heteroatoms. The molecule has 0 bridgehead atoms. The minimum Gasteiger partial charge on any atom is -0.507 e. The third kappa shape index (κ3) is 1.36. The van der Waals surface area contributed by atoms with Gasteiger partial charge >= 0.3 is 5.30 Å². The Hall–Kier alpha value is -1.20. The SMILES string of the molecule is O=C1Oc2cccc(O)c2C(O)S1. The molecule has 1 aliphatic rings. The summed E-state index contributed by atoms with van der Waals surface area (Å²) in [4.78, 5) is 10.8. The molecule has 2 N–H and O–H groups in total. The Labute approximate surface area is 78.1 Å². The van der Waals surface area contributed by atoms with Crippen LogP contribution in [-0.4, -0.2) is 15.5 Å². The molecule has 13 heavy (non-hydrogen) atoms. The largest absolute Gasteiger partial charge is 0.507 e. The number of phenols is 1. The van der Waals surface area contributed by atoms with E-state index < -0.39 is 10.7 Å². The maximum atomic E-state index is 10.8. The van der Waals surface area contributed by atoms with Crippen LogP contribution in [0.5, 0.6) is 11.5 Å². The first-order chi connectivity index (χ1) is 6.18. The van der Waals surface area contributed by atoms with Crippen molar-refractivity contribution in [3.05, 3.63) is 23.8 Å². The first kappa shape index (κ1) is 8.40. The zero-order chi connectivity index (χ0) is 9.42. The number of hydrogen-bond acceptors (Lipinski definition) is 5. The van der Waals surface area contributed by atoms with Crippen molar-refractivity contribution < 1.29 is 19.7 Å². The normalized spacial score (nSPS) is 20.7. The molecule has 1 atom stereocenters. The molecule has 0 saturated carbocycles. The van der Waals surface area contributed by atoms with E-state index in [4.69, 9.17) is 4.74 Å². The van der Waals surface area contributed by atoms with E-state index in [1.807, 2.05) is 0 Å². The first-order valence-electron chi connectivity index (χ1n) is 3.57. The molecule has 1 aromatic carbocycles. The first-order valence-corrected chi connectivity index (χ1v) is 4.45. The van der Waals surface area contributed by atoms with Crippen molar-refractivity contribution in [3.8, 4) is 11.5 Å². The molecule has 0 amide bonds. The van der Waals surface area contributed by atoms with Crippen LogP contribution in [0.15, 0.2) is 18.2 Å². The molecule has 0 saturated heterocycles. The standard InChI is InChI=1S/C8H6O4S/c9-4-2-1-3-5-6(4)7(10)13-8(11)12-5/h1-3,7,9-10H. The van der Waals surface area contributed by atoms with Crippen molar-refractivity contribution in [2.75, 3.05) is 0 Å². The van der Waals surface area contributed by atoms with Gasteiger partial charge < -0.3 is 14.9 Å². The van der Waals surface area contributed by atoms with Gasteiger partial charge in [-0.3, -0.25) is 0 Å². The Morgan fingerprint density at radius 1 is 1.46 bits per heavy atom. The third-order valence-electron chi connectivity index (χ3n) is 1.69. The highest BCUT2D eigenvalue weighted by Gasteiger charge is 2.28. The summed E-state index contributed by atoms with van der Waals surface area (Å²) in [6, 6.07) is 4.50. The fourth-order valence-corrected chi connectivity index (χ4v) is 1.81. The second-order valence-electron chi connectivity index (χ2n) is 2.51. The van der Waals surface area contributed by atoms with Crippen LogP contribution in [0, 0.1) is 0 Å². The summed E-state index contributed by atoms with van der Waals surface area (Å²) in [6.45, 7) is 0. The van der Waals surface area contributed by atoms with E-state index in [-0.39, 0.29) is 17.1 Å². The van der Waals surface area contributed by atoms with Gasteiger partial charge in [-0.2, -0.15) is 0 Å². The summed E-state index contributed by atoms with van der Waals surface area (Å²) in [7, 11) is 0. The maximum absolute atomic E-state index is 10.8. The van der Waals surface area contributed by atoms with Gasteiger partial charge in [0.25, 0.3) is 0 Å². The van der Waals surface area contributed by atoms with Crippen LogP contribution in [0.2, 0.25) is 0 Å². The molecule has 0 aromatic heterocycles. The lowest BCUT2D eigenvalue weighted by molar-refractivity contribution is 0.212. The Morgan fingerprint density at radius 2 is 2.23 bits per heavy atom. The summed E-state index contributed by atoms with van der Waals surface area (Å²) in [5.74, 6) is 0.154. The summed E-state index contributed by atoms with van der Waals surface area (Å²) >= 11 is 0.632. The predicted octanol–water partition coefficient (Wildman–Crippen LogP) is 1.63. The fourth-order valence-electron chi connectivity index (χ4n) is 1.13. The van der Waals surface area contributed by atoms with E-state index in [1.165, 1.54) is 12.1 Å². The van der Waals surface area contributed by atoms with Gasteiger partial charge in [-0.05, 0) is 23.9 Å². The minimum absolute atomic E-state index is 0.0648. The summed E-state index contributed by atoms with van der Waals surface area (Å²) in [5.41, 5.74) is -0.787. The van der Waals surface area contributed by atoms with Crippen molar-refractivity contribution in [2.24, 2.45) is 0 Å². The number of fused-ring (bicyclic) bond motifs is 1. The summed E-state index contributed by atoms with van der Waals surface area (Å²) in [5, 5.41) is 18.2. The molecule has 1 aromatic rings. The maximum Gasteiger partial charge on any atom is 0.375 e. The quantitative estimate of drug-likeness (QED) is 0.620. The van der Waals surface area contributed by atoms with Crippen LogP contribution in [0.4, 0.5) is 4.79 Å². The molecule has 2 rings (SSSR count). The lowest BCUT2D eigenvalue weighted by Gasteiger charge is -2.19. The topological polar surface area (TPSA) is 66.8 Å². The van der Waals surface area contributed by atoms with Gasteiger partial charge in [-0.25, -0.2) is 4.79 Å². The van der Waals surface area contributed by atoms with Gasteiger partial charge in [0.05, 0.1) is 5.56 Å². The lowest BCUT2D eigenvalue weighted by Crippen LogP contribution is -2.12. The molecule has 1 heterocycles. The van der Waals surface area contributed by atoms with Crippen LogP contribution in [0.1, 0.15) is 11.0 Å². The Balaban J connectivity index is 2.55. The van der Waals surface area contributed by atoms with Crippen molar-refractivity contribution >= 4 is 17.1 Å². The number of rotatable bonds is 0. The van der Waals surface area contributed by atoms with Crippen LogP contribution >= 0.6 is 11.8 Å². The monoisotopic (exact) mass is 198 g/mol. The highest BCUT2D eigenvalue weighted by Crippen LogP contribution is 2.43. The Bertz CT molecular complexity index is 363. The van der Waals surface area contributed by atoms with E-state index in [1.54, 1.807) is 6.07 Å². The molecule has 1 aliphatic heterocycles. The number of aliphatic hydroxyl groups excluding tert-OH is 1. The number of aliphatic hydroxyl groups is 1. The van der Waals surface area contributed by atoms with Gasteiger partial charge in [-0.15, -0.1) is 0 Å². The molecule has 0 spiro atoms. The van der Waals surface area contributed by atoms with Crippen LogP contribution in [-0.2, 0) is 0 Å². The smallest absolute Gasteiger partial charge is 0.375 e. The number of benzene rings is 1. The Morgan fingerprint density at radius 3 is 3.00 bits per heavy atom. The van der Waals surface area contributed by atoms with E-state index in [0.29, 0.717) is 11.8 Å². The third-order valence-corrected chi connectivity index (χ3v) is 2.43. The van der Waals surface area contributed by atoms with Crippen molar-refractivity contribution in [1.82, 2.24) is 0 Å². The van der Waals surface area contributed by atoms with E-state index in [2.05, 4.69) is 0 Å². The number of hydrogen-bond donors (Lipinski definition) is 2. The predicted molar refractivity (Wildman–Crippen MR) is 46.7 cm³/mol. The van der Waals surface area contributed by atoms with E-state index >= 15 is 0 Å². The summed E-state index contributed by atoms with van der Waals surface area (Å²) < 4.78 is 4.79. The van der Waals surface area contributed by atoms with Gasteiger partial charge in [0.2, 0.25) is 0 Å².